The Morgan fingerprint density at radius 2 is 1.90 bits per heavy atom. The number of hydrogen-bond donors (Lipinski definition) is 1. The summed E-state index contributed by atoms with van der Waals surface area (Å²) in [5, 5.41) is 10.1. The molecular formula is C16H12Cl2O3. The molecule has 0 atom stereocenters. The maximum Gasteiger partial charge on any atom is 0.336 e. The molecule has 0 spiro atoms. The van der Waals surface area contributed by atoms with E-state index in [4.69, 9.17) is 27.9 Å². The summed E-state index contributed by atoms with van der Waals surface area (Å²) in [6.07, 6.45) is 1.56. The van der Waals surface area contributed by atoms with Gasteiger partial charge in [-0.05, 0) is 41.5 Å². The minimum Gasteiger partial charge on any atom is -0.497 e. The van der Waals surface area contributed by atoms with Gasteiger partial charge >= 0.3 is 5.97 Å². The molecule has 0 amide bonds. The van der Waals surface area contributed by atoms with E-state index in [0.29, 0.717) is 21.4 Å². The van der Waals surface area contributed by atoms with Crippen LogP contribution in [0.4, 0.5) is 0 Å². The fraction of sp³-hybridized carbons (Fsp3) is 0.0625. The molecule has 1 N–H and O–H groups in total. The summed E-state index contributed by atoms with van der Waals surface area (Å²) in [4.78, 5) is 11.5. The molecule has 0 aliphatic carbocycles. The van der Waals surface area contributed by atoms with Crippen LogP contribution in [-0.4, -0.2) is 18.2 Å². The Morgan fingerprint density at radius 1 is 1.14 bits per heavy atom. The number of benzene rings is 2. The van der Waals surface area contributed by atoms with Crippen molar-refractivity contribution in [2.75, 3.05) is 7.11 Å². The summed E-state index contributed by atoms with van der Waals surface area (Å²) >= 11 is 11.8. The van der Waals surface area contributed by atoms with E-state index < -0.39 is 5.97 Å². The molecule has 0 aliphatic rings. The largest absolute Gasteiger partial charge is 0.497 e. The number of carboxylic acids is 1. The highest BCUT2D eigenvalue weighted by Gasteiger charge is 2.12. The van der Waals surface area contributed by atoms with Crippen LogP contribution in [0.3, 0.4) is 0 Å². The number of ether oxygens (including phenoxy) is 1. The van der Waals surface area contributed by atoms with E-state index in [1.807, 2.05) is 0 Å². The molecule has 0 aromatic heterocycles. The molecule has 2 aromatic carbocycles. The van der Waals surface area contributed by atoms with Gasteiger partial charge in [-0.1, -0.05) is 41.4 Å². The highest BCUT2D eigenvalue weighted by Crippen LogP contribution is 2.28. The van der Waals surface area contributed by atoms with Crippen molar-refractivity contribution in [2.45, 2.75) is 0 Å². The van der Waals surface area contributed by atoms with Gasteiger partial charge in [-0.3, -0.25) is 0 Å². The molecule has 0 saturated carbocycles. The number of methoxy groups -OCH3 is 1. The monoisotopic (exact) mass is 322 g/mol. The Morgan fingerprint density at radius 3 is 2.52 bits per heavy atom. The number of rotatable bonds is 4. The van der Waals surface area contributed by atoms with Gasteiger partial charge in [0.2, 0.25) is 0 Å². The van der Waals surface area contributed by atoms with Gasteiger partial charge in [-0.2, -0.15) is 0 Å². The molecule has 0 heterocycles. The quantitative estimate of drug-likeness (QED) is 0.659. The zero-order valence-electron chi connectivity index (χ0n) is 11.1. The molecule has 0 saturated heterocycles. The van der Waals surface area contributed by atoms with Gasteiger partial charge in [0.15, 0.2) is 0 Å². The highest BCUT2D eigenvalue weighted by atomic mass is 35.5. The predicted octanol–water partition coefficient (Wildman–Crippen LogP) is 4.63. The minimum atomic E-state index is -1.05. The standard InChI is InChI=1S/C16H12Cl2O3/c1-21-12-4-2-3-10(7-12)8-13(16(19)20)11-5-6-14(17)15(18)9-11/h2-9H,1H3,(H,19,20)/b13-8-. The number of halogens is 2. The second-order valence-corrected chi connectivity index (χ2v) is 5.08. The van der Waals surface area contributed by atoms with Crippen LogP contribution in [-0.2, 0) is 4.79 Å². The normalized spacial score (nSPS) is 11.3. The number of hydrogen-bond acceptors (Lipinski definition) is 2. The fourth-order valence-corrected chi connectivity index (χ4v) is 2.13. The van der Waals surface area contributed by atoms with Gasteiger partial charge in [-0.25, -0.2) is 4.79 Å². The molecule has 5 heteroatoms. The summed E-state index contributed by atoms with van der Waals surface area (Å²) in [6.45, 7) is 0. The number of carbonyl (C=O) groups is 1. The summed E-state index contributed by atoms with van der Waals surface area (Å²) in [6, 6.07) is 11.8. The summed E-state index contributed by atoms with van der Waals surface area (Å²) in [5.74, 6) is -0.390. The number of aliphatic carboxylic acids is 1. The van der Waals surface area contributed by atoms with Gasteiger partial charge < -0.3 is 9.84 Å². The molecule has 0 fully saturated rings. The predicted molar refractivity (Wildman–Crippen MR) is 85.0 cm³/mol. The molecule has 0 radical (unpaired) electrons. The second-order valence-electron chi connectivity index (χ2n) is 4.27. The first-order valence-corrected chi connectivity index (χ1v) is 6.81. The molecule has 108 valence electrons. The maximum absolute atomic E-state index is 11.5. The van der Waals surface area contributed by atoms with E-state index in [-0.39, 0.29) is 5.57 Å². The van der Waals surface area contributed by atoms with Gasteiger partial charge in [0.05, 0.1) is 22.7 Å². The lowest BCUT2D eigenvalue weighted by atomic mass is 10.0. The zero-order chi connectivity index (χ0) is 15.4. The lowest BCUT2D eigenvalue weighted by Gasteiger charge is -2.06. The molecule has 0 unspecified atom stereocenters. The van der Waals surface area contributed by atoms with Crippen molar-refractivity contribution in [3.63, 3.8) is 0 Å². The molecule has 3 nitrogen and oxygen atoms in total. The molecule has 2 aromatic rings. The Labute approximate surface area is 132 Å². The fourth-order valence-electron chi connectivity index (χ4n) is 1.83. The van der Waals surface area contributed by atoms with Crippen LogP contribution in [0, 0.1) is 0 Å². The SMILES string of the molecule is COc1cccc(/C=C(\C(=O)O)c2ccc(Cl)c(Cl)c2)c1. The second kappa shape index (κ2) is 6.66. The summed E-state index contributed by atoms with van der Waals surface area (Å²) < 4.78 is 5.12. The molecule has 2 rings (SSSR count). The van der Waals surface area contributed by atoms with Gasteiger partial charge in [0.1, 0.15) is 5.75 Å². The highest BCUT2D eigenvalue weighted by molar-refractivity contribution is 6.42. The van der Waals surface area contributed by atoms with Crippen molar-refractivity contribution in [1.29, 1.82) is 0 Å². The van der Waals surface area contributed by atoms with Crippen molar-refractivity contribution >= 4 is 40.8 Å². The summed E-state index contributed by atoms with van der Waals surface area (Å²) in [5.41, 5.74) is 1.33. The molecule has 0 aliphatic heterocycles. The Balaban J connectivity index is 2.49. The van der Waals surface area contributed by atoms with Crippen LogP contribution in [0.2, 0.25) is 10.0 Å². The summed E-state index contributed by atoms with van der Waals surface area (Å²) in [7, 11) is 1.56. The zero-order valence-corrected chi connectivity index (χ0v) is 12.7. The van der Waals surface area contributed by atoms with Crippen molar-refractivity contribution < 1.29 is 14.6 Å². The Hall–Kier alpha value is -1.97. The average molecular weight is 323 g/mol. The van der Waals surface area contributed by atoms with Gasteiger partial charge in [0.25, 0.3) is 0 Å². The van der Waals surface area contributed by atoms with E-state index in [1.54, 1.807) is 49.6 Å². The van der Waals surface area contributed by atoms with E-state index in [1.165, 1.54) is 6.07 Å². The van der Waals surface area contributed by atoms with Crippen molar-refractivity contribution in [1.82, 2.24) is 0 Å². The first kappa shape index (κ1) is 15.4. The topological polar surface area (TPSA) is 46.5 Å². The first-order valence-electron chi connectivity index (χ1n) is 6.05. The average Bonchev–Trinajstić information content (AvgIpc) is 2.47. The van der Waals surface area contributed by atoms with E-state index in [2.05, 4.69) is 0 Å². The first-order chi connectivity index (χ1) is 10.0. The van der Waals surface area contributed by atoms with Crippen LogP contribution in [0.15, 0.2) is 42.5 Å². The van der Waals surface area contributed by atoms with Gasteiger partial charge in [-0.15, -0.1) is 0 Å². The van der Waals surface area contributed by atoms with Crippen LogP contribution in [0.25, 0.3) is 11.6 Å². The van der Waals surface area contributed by atoms with E-state index in [9.17, 15) is 9.90 Å². The van der Waals surface area contributed by atoms with E-state index in [0.717, 1.165) is 5.56 Å². The molecule has 0 bridgehead atoms. The third-order valence-corrected chi connectivity index (χ3v) is 3.60. The van der Waals surface area contributed by atoms with E-state index >= 15 is 0 Å². The third kappa shape index (κ3) is 3.78. The smallest absolute Gasteiger partial charge is 0.336 e. The number of carboxylic acid groups (broad SMARTS) is 1. The Bertz CT molecular complexity index is 708. The molecular weight excluding hydrogens is 311 g/mol. The van der Waals surface area contributed by atoms with Crippen molar-refractivity contribution in [3.8, 4) is 5.75 Å². The van der Waals surface area contributed by atoms with Crippen molar-refractivity contribution in [2.24, 2.45) is 0 Å². The van der Waals surface area contributed by atoms with Crippen LogP contribution >= 0.6 is 23.2 Å². The van der Waals surface area contributed by atoms with Crippen LogP contribution in [0.1, 0.15) is 11.1 Å². The Kier molecular flexibility index (Phi) is 4.89. The lowest BCUT2D eigenvalue weighted by molar-refractivity contribution is -0.130. The van der Waals surface area contributed by atoms with Crippen molar-refractivity contribution in [3.05, 3.63) is 63.6 Å². The van der Waals surface area contributed by atoms with Crippen LogP contribution in [0.5, 0.6) is 5.75 Å². The minimum absolute atomic E-state index is 0.127. The third-order valence-electron chi connectivity index (χ3n) is 2.87. The lowest BCUT2D eigenvalue weighted by Crippen LogP contribution is -1.99. The van der Waals surface area contributed by atoms with Gasteiger partial charge in [0, 0.05) is 0 Å². The van der Waals surface area contributed by atoms with Crippen LogP contribution < -0.4 is 4.74 Å². The molecule has 21 heavy (non-hydrogen) atoms. The maximum atomic E-state index is 11.5.